The van der Waals surface area contributed by atoms with Gasteiger partial charge in [-0.05, 0) is 43.7 Å². The SMILES string of the molecule is CN=C(NCCCOCC1CCCO1)NCCCC(=O)N1CCc2ccccc21. The molecule has 0 aliphatic carbocycles. The Hall–Kier alpha value is -2.12. The van der Waals surface area contributed by atoms with Gasteiger partial charge in [0.05, 0.1) is 12.7 Å². The van der Waals surface area contributed by atoms with Crippen molar-refractivity contribution in [2.75, 3.05) is 51.4 Å². The molecule has 0 bridgehead atoms. The summed E-state index contributed by atoms with van der Waals surface area (Å²) in [7, 11) is 1.76. The maximum atomic E-state index is 12.5. The molecule has 0 radical (unpaired) electrons. The van der Waals surface area contributed by atoms with E-state index in [4.69, 9.17) is 9.47 Å². The van der Waals surface area contributed by atoms with Gasteiger partial charge in [-0.25, -0.2) is 0 Å². The number of anilines is 1. The van der Waals surface area contributed by atoms with Gasteiger partial charge in [-0.15, -0.1) is 0 Å². The summed E-state index contributed by atoms with van der Waals surface area (Å²) in [4.78, 5) is 18.7. The van der Waals surface area contributed by atoms with Gasteiger partial charge >= 0.3 is 0 Å². The summed E-state index contributed by atoms with van der Waals surface area (Å²) in [5.41, 5.74) is 2.34. The Labute approximate surface area is 173 Å². The van der Waals surface area contributed by atoms with E-state index in [2.05, 4.69) is 21.7 Å². The molecule has 3 rings (SSSR count). The molecule has 7 nitrogen and oxygen atoms in total. The molecule has 2 heterocycles. The topological polar surface area (TPSA) is 75.2 Å². The molecule has 7 heteroatoms. The molecule has 1 unspecified atom stereocenters. The average Bonchev–Trinajstić information content (AvgIpc) is 3.41. The molecule has 0 aromatic heterocycles. The van der Waals surface area contributed by atoms with Gasteiger partial charge in [0.2, 0.25) is 5.91 Å². The van der Waals surface area contributed by atoms with E-state index in [1.54, 1.807) is 7.05 Å². The highest BCUT2D eigenvalue weighted by atomic mass is 16.5. The van der Waals surface area contributed by atoms with E-state index in [0.717, 1.165) is 76.6 Å². The lowest BCUT2D eigenvalue weighted by atomic mass is 10.2. The lowest BCUT2D eigenvalue weighted by Gasteiger charge is -2.17. The van der Waals surface area contributed by atoms with Crippen LogP contribution in [0.4, 0.5) is 5.69 Å². The van der Waals surface area contributed by atoms with Crippen LogP contribution in [0.3, 0.4) is 0 Å². The number of amides is 1. The highest BCUT2D eigenvalue weighted by Gasteiger charge is 2.23. The Morgan fingerprint density at radius 3 is 2.90 bits per heavy atom. The van der Waals surface area contributed by atoms with Crippen LogP contribution in [0.15, 0.2) is 29.3 Å². The van der Waals surface area contributed by atoms with Crippen LogP contribution in [0.1, 0.15) is 37.7 Å². The summed E-state index contributed by atoms with van der Waals surface area (Å²) in [6.07, 6.45) is 5.73. The fourth-order valence-electron chi connectivity index (χ4n) is 3.77. The van der Waals surface area contributed by atoms with Crippen molar-refractivity contribution in [2.45, 2.75) is 44.6 Å². The van der Waals surface area contributed by atoms with Crippen LogP contribution < -0.4 is 15.5 Å². The van der Waals surface area contributed by atoms with Crippen molar-refractivity contribution in [3.8, 4) is 0 Å². The van der Waals surface area contributed by atoms with E-state index in [-0.39, 0.29) is 12.0 Å². The second-order valence-corrected chi connectivity index (χ2v) is 7.52. The minimum atomic E-state index is 0.197. The number of guanidine groups is 1. The number of para-hydroxylation sites is 1. The maximum absolute atomic E-state index is 12.5. The highest BCUT2D eigenvalue weighted by molar-refractivity contribution is 5.95. The van der Waals surface area contributed by atoms with E-state index < -0.39 is 0 Å². The molecule has 1 atom stereocenters. The minimum absolute atomic E-state index is 0.197. The predicted molar refractivity (Wildman–Crippen MR) is 116 cm³/mol. The van der Waals surface area contributed by atoms with Crippen LogP contribution in [0.5, 0.6) is 0 Å². The molecule has 2 aliphatic heterocycles. The standard InChI is InChI=1S/C22H34N4O3/c1-23-22(25-13-6-15-28-17-19-8-5-16-29-19)24-12-4-10-21(27)26-14-11-18-7-2-3-9-20(18)26/h2-3,7,9,19H,4-6,8,10-17H2,1H3,(H2,23,24,25). The summed E-state index contributed by atoms with van der Waals surface area (Å²) >= 11 is 0. The molecular formula is C22H34N4O3. The summed E-state index contributed by atoms with van der Waals surface area (Å²) in [6.45, 7) is 4.60. The monoisotopic (exact) mass is 402 g/mol. The van der Waals surface area contributed by atoms with E-state index in [0.29, 0.717) is 13.0 Å². The number of rotatable bonds is 10. The van der Waals surface area contributed by atoms with E-state index in [1.165, 1.54) is 5.56 Å². The van der Waals surface area contributed by atoms with Gasteiger partial charge < -0.3 is 25.0 Å². The van der Waals surface area contributed by atoms with Crippen molar-refractivity contribution in [1.29, 1.82) is 0 Å². The molecule has 1 amide bonds. The van der Waals surface area contributed by atoms with Gasteiger partial charge in [0.25, 0.3) is 0 Å². The molecule has 2 N–H and O–H groups in total. The quantitative estimate of drug-likeness (QED) is 0.356. The zero-order chi connectivity index (χ0) is 20.3. The average molecular weight is 403 g/mol. The van der Waals surface area contributed by atoms with E-state index >= 15 is 0 Å². The number of ether oxygens (including phenoxy) is 2. The van der Waals surface area contributed by atoms with Gasteiger partial charge in [-0.3, -0.25) is 9.79 Å². The van der Waals surface area contributed by atoms with Crippen LogP contribution >= 0.6 is 0 Å². The summed E-state index contributed by atoms with van der Waals surface area (Å²) in [5, 5.41) is 6.56. The van der Waals surface area contributed by atoms with Gasteiger partial charge in [-0.2, -0.15) is 0 Å². The Morgan fingerprint density at radius 1 is 1.28 bits per heavy atom. The highest BCUT2D eigenvalue weighted by Crippen LogP contribution is 2.27. The minimum Gasteiger partial charge on any atom is -0.379 e. The van der Waals surface area contributed by atoms with Crippen LogP contribution in [0, 0.1) is 0 Å². The normalized spacial score (nSPS) is 18.7. The van der Waals surface area contributed by atoms with E-state index in [9.17, 15) is 4.79 Å². The number of aliphatic imine (C=N–C) groups is 1. The molecular weight excluding hydrogens is 368 g/mol. The summed E-state index contributed by atoms with van der Waals surface area (Å²) in [6, 6.07) is 8.17. The van der Waals surface area contributed by atoms with Crippen molar-refractivity contribution in [2.24, 2.45) is 4.99 Å². The molecule has 160 valence electrons. The van der Waals surface area contributed by atoms with Crippen molar-refractivity contribution >= 4 is 17.6 Å². The van der Waals surface area contributed by atoms with Crippen LogP contribution in [-0.4, -0.2) is 64.5 Å². The Bertz CT molecular complexity index is 674. The third kappa shape index (κ3) is 6.72. The molecule has 0 saturated carbocycles. The predicted octanol–water partition coefficient (Wildman–Crippen LogP) is 2.11. The van der Waals surface area contributed by atoms with Crippen LogP contribution in [-0.2, 0) is 20.7 Å². The van der Waals surface area contributed by atoms with Crippen molar-refractivity contribution in [3.05, 3.63) is 29.8 Å². The fourth-order valence-corrected chi connectivity index (χ4v) is 3.77. The van der Waals surface area contributed by atoms with Gasteiger partial charge in [-0.1, -0.05) is 18.2 Å². The summed E-state index contributed by atoms with van der Waals surface area (Å²) < 4.78 is 11.2. The largest absolute Gasteiger partial charge is 0.379 e. The lowest BCUT2D eigenvalue weighted by Crippen LogP contribution is -2.39. The van der Waals surface area contributed by atoms with Crippen LogP contribution in [0.2, 0.25) is 0 Å². The second-order valence-electron chi connectivity index (χ2n) is 7.52. The Morgan fingerprint density at radius 2 is 2.10 bits per heavy atom. The van der Waals surface area contributed by atoms with Crippen molar-refractivity contribution < 1.29 is 14.3 Å². The van der Waals surface area contributed by atoms with Gasteiger partial charge in [0, 0.05) is 52.0 Å². The van der Waals surface area contributed by atoms with E-state index in [1.807, 2.05) is 23.1 Å². The first-order chi connectivity index (χ1) is 14.3. The number of fused-ring (bicyclic) bond motifs is 1. The molecule has 2 aliphatic rings. The molecule has 1 fully saturated rings. The number of nitrogens with zero attached hydrogens (tertiary/aromatic N) is 2. The fraction of sp³-hybridized carbons (Fsp3) is 0.636. The first-order valence-electron chi connectivity index (χ1n) is 10.8. The Kier molecular flexibility index (Phi) is 8.77. The third-order valence-corrected chi connectivity index (χ3v) is 5.36. The smallest absolute Gasteiger partial charge is 0.227 e. The molecule has 1 saturated heterocycles. The number of hydrogen-bond acceptors (Lipinski definition) is 4. The van der Waals surface area contributed by atoms with Gasteiger partial charge in [0.1, 0.15) is 0 Å². The number of carbonyl (C=O) groups is 1. The molecule has 1 aromatic rings. The number of nitrogens with one attached hydrogen (secondary N) is 2. The maximum Gasteiger partial charge on any atom is 0.227 e. The number of carbonyl (C=O) groups excluding carboxylic acids is 1. The van der Waals surface area contributed by atoms with Crippen molar-refractivity contribution in [1.82, 2.24) is 10.6 Å². The third-order valence-electron chi connectivity index (χ3n) is 5.36. The second kappa shape index (κ2) is 11.8. The van der Waals surface area contributed by atoms with Gasteiger partial charge in [0.15, 0.2) is 5.96 Å². The molecule has 1 aromatic carbocycles. The first kappa shape index (κ1) is 21.6. The number of hydrogen-bond donors (Lipinski definition) is 2. The van der Waals surface area contributed by atoms with Crippen LogP contribution in [0.25, 0.3) is 0 Å². The molecule has 29 heavy (non-hydrogen) atoms. The lowest BCUT2D eigenvalue weighted by molar-refractivity contribution is -0.118. The number of benzene rings is 1. The molecule has 0 spiro atoms. The first-order valence-corrected chi connectivity index (χ1v) is 10.8. The summed E-state index contributed by atoms with van der Waals surface area (Å²) in [5.74, 6) is 0.964. The van der Waals surface area contributed by atoms with Crippen molar-refractivity contribution in [3.63, 3.8) is 0 Å². The zero-order valence-electron chi connectivity index (χ0n) is 17.5. The Balaban J connectivity index is 1.23. The zero-order valence-corrected chi connectivity index (χ0v) is 17.5.